The lowest BCUT2D eigenvalue weighted by Gasteiger charge is -2.12. The Morgan fingerprint density at radius 2 is 1.82 bits per heavy atom. The first-order chi connectivity index (χ1) is 13.7. The number of pyridine rings is 1. The Morgan fingerprint density at radius 1 is 0.964 bits per heavy atom. The van der Waals surface area contributed by atoms with Gasteiger partial charge in [0.2, 0.25) is 5.95 Å². The maximum Gasteiger partial charge on any atom is 0.225 e. The van der Waals surface area contributed by atoms with E-state index in [1.54, 1.807) is 13.3 Å². The predicted octanol–water partition coefficient (Wildman–Crippen LogP) is 4.70. The third kappa shape index (κ3) is 3.86. The lowest BCUT2D eigenvalue weighted by molar-refractivity contribution is 0.410. The van der Waals surface area contributed by atoms with E-state index in [9.17, 15) is 0 Å². The van der Waals surface area contributed by atoms with Crippen LogP contribution in [-0.2, 0) is 6.54 Å². The fraction of sp³-hybridized carbons (Fsp3) is 0.136. The van der Waals surface area contributed by atoms with Crippen molar-refractivity contribution in [2.45, 2.75) is 13.5 Å². The zero-order valence-electron chi connectivity index (χ0n) is 15.8. The summed E-state index contributed by atoms with van der Waals surface area (Å²) in [5, 5.41) is 7.73. The van der Waals surface area contributed by atoms with Gasteiger partial charge in [-0.3, -0.25) is 4.98 Å². The summed E-state index contributed by atoms with van der Waals surface area (Å²) in [5.74, 6) is 2.11. The van der Waals surface area contributed by atoms with Gasteiger partial charge in [0.25, 0.3) is 0 Å². The van der Waals surface area contributed by atoms with Crippen molar-refractivity contribution in [3.63, 3.8) is 0 Å². The summed E-state index contributed by atoms with van der Waals surface area (Å²) >= 11 is 0. The molecule has 0 bridgehead atoms. The standard InChI is InChI=1S/C22H21N5O/c1-15-13-20(26-18-10-5-8-16-9-6-12-23-21(16)18)27-22(25-15)24-14-17-7-3-4-11-19(17)28-2/h3-13H,14H2,1-2H3,(H2,24,25,26,27). The molecule has 4 aromatic rings. The SMILES string of the molecule is COc1ccccc1CNc1nc(C)cc(Nc2cccc3cccnc23)n1. The van der Waals surface area contributed by atoms with E-state index in [1.165, 1.54) is 0 Å². The number of para-hydroxylation sites is 2. The molecule has 0 saturated carbocycles. The molecule has 0 spiro atoms. The number of fused-ring (bicyclic) bond motifs is 1. The minimum atomic E-state index is 0.557. The van der Waals surface area contributed by atoms with Gasteiger partial charge in [-0.05, 0) is 25.1 Å². The molecule has 0 atom stereocenters. The van der Waals surface area contributed by atoms with Gasteiger partial charge in [0.05, 0.1) is 18.3 Å². The molecule has 2 aromatic carbocycles. The van der Waals surface area contributed by atoms with Crippen LogP contribution in [0.3, 0.4) is 0 Å². The highest BCUT2D eigenvalue weighted by atomic mass is 16.5. The number of aryl methyl sites for hydroxylation is 1. The summed E-state index contributed by atoms with van der Waals surface area (Å²) in [6, 6.07) is 19.8. The first-order valence-electron chi connectivity index (χ1n) is 9.05. The second kappa shape index (κ2) is 7.92. The number of benzene rings is 2. The Hall–Kier alpha value is -3.67. The first-order valence-corrected chi connectivity index (χ1v) is 9.05. The van der Waals surface area contributed by atoms with Gasteiger partial charge >= 0.3 is 0 Å². The normalized spacial score (nSPS) is 10.6. The van der Waals surface area contributed by atoms with Crippen LogP contribution in [0.5, 0.6) is 5.75 Å². The van der Waals surface area contributed by atoms with E-state index in [2.05, 4.69) is 25.6 Å². The minimum Gasteiger partial charge on any atom is -0.496 e. The molecule has 0 saturated heterocycles. The van der Waals surface area contributed by atoms with Crippen molar-refractivity contribution < 1.29 is 4.74 Å². The molecule has 28 heavy (non-hydrogen) atoms. The van der Waals surface area contributed by atoms with Gasteiger partial charge in [0.1, 0.15) is 11.6 Å². The first kappa shape index (κ1) is 17.7. The van der Waals surface area contributed by atoms with Crippen LogP contribution in [0.15, 0.2) is 66.9 Å². The molecule has 6 nitrogen and oxygen atoms in total. The number of hydrogen-bond donors (Lipinski definition) is 2. The van der Waals surface area contributed by atoms with Crippen molar-refractivity contribution in [1.29, 1.82) is 0 Å². The van der Waals surface area contributed by atoms with Crippen LogP contribution in [0.2, 0.25) is 0 Å². The highest BCUT2D eigenvalue weighted by molar-refractivity contribution is 5.91. The molecule has 2 N–H and O–H groups in total. The maximum atomic E-state index is 5.40. The van der Waals surface area contributed by atoms with Crippen molar-refractivity contribution >= 4 is 28.4 Å². The highest BCUT2D eigenvalue weighted by Crippen LogP contribution is 2.25. The minimum absolute atomic E-state index is 0.557. The summed E-state index contributed by atoms with van der Waals surface area (Å²) in [6.07, 6.45) is 1.79. The van der Waals surface area contributed by atoms with Gasteiger partial charge in [0, 0.05) is 35.5 Å². The highest BCUT2D eigenvalue weighted by Gasteiger charge is 2.07. The molecule has 0 aliphatic carbocycles. The fourth-order valence-electron chi connectivity index (χ4n) is 3.08. The number of aromatic nitrogens is 3. The monoisotopic (exact) mass is 371 g/mol. The lowest BCUT2D eigenvalue weighted by atomic mass is 10.2. The summed E-state index contributed by atoms with van der Waals surface area (Å²) in [7, 11) is 1.67. The second-order valence-corrected chi connectivity index (χ2v) is 6.39. The van der Waals surface area contributed by atoms with Gasteiger partial charge < -0.3 is 15.4 Å². The van der Waals surface area contributed by atoms with Crippen molar-refractivity contribution in [2.75, 3.05) is 17.7 Å². The van der Waals surface area contributed by atoms with Gasteiger partial charge in [0.15, 0.2) is 0 Å². The molecule has 2 heterocycles. The zero-order chi connectivity index (χ0) is 19.3. The molecular formula is C22H21N5O. The Kier molecular flexibility index (Phi) is 5.01. The number of ether oxygens (including phenoxy) is 1. The molecule has 0 fully saturated rings. The number of nitrogens with zero attached hydrogens (tertiary/aromatic N) is 3. The van der Waals surface area contributed by atoms with Crippen LogP contribution in [0.1, 0.15) is 11.3 Å². The van der Waals surface area contributed by atoms with E-state index < -0.39 is 0 Å². The number of methoxy groups -OCH3 is 1. The van der Waals surface area contributed by atoms with Crippen molar-refractivity contribution in [3.05, 3.63) is 78.1 Å². The quantitative estimate of drug-likeness (QED) is 0.512. The van der Waals surface area contributed by atoms with E-state index >= 15 is 0 Å². The van der Waals surface area contributed by atoms with E-state index in [0.717, 1.165) is 33.6 Å². The van der Waals surface area contributed by atoms with Crippen LogP contribution in [0.25, 0.3) is 10.9 Å². The van der Waals surface area contributed by atoms with Gasteiger partial charge in [-0.1, -0.05) is 36.4 Å². The van der Waals surface area contributed by atoms with Crippen LogP contribution in [-0.4, -0.2) is 22.1 Å². The lowest BCUT2D eigenvalue weighted by Crippen LogP contribution is -2.07. The molecule has 2 aromatic heterocycles. The van der Waals surface area contributed by atoms with E-state index in [4.69, 9.17) is 4.74 Å². The number of hydrogen-bond acceptors (Lipinski definition) is 6. The average Bonchev–Trinajstić information content (AvgIpc) is 2.72. The van der Waals surface area contributed by atoms with Gasteiger partial charge in [-0.2, -0.15) is 4.98 Å². The van der Waals surface area contributed by atoms with Crippen molar-refractivity contribution in [1.82, 2.24) is 15.0 Å². The molecule has 0 aliphatic heterocycles. The van der Waals surface area contributed by atoms with Gasteiger partial charge in [-0.25, -0.2) is 4.98 Å². The predicted molar refractivity (Wildman–Crippen MR) is 112 cm³/mol. The topological polar surface area (TPSA) is 72.0 Å². The molecule has 6 heteroatoms. The van der Waals surface area contributed by atoms with Crippen molar-refractivity contribution in [3.8, 4) is 5.75 Å². The Balaban J connectivity index is 1.57. The fourth-order valence-corrected chi connectivity index (χ4v) is 3.08. The number of rotatable bonds is 6. The van der Waals surface area contributed by atoms with E-state index in [1.807, 2.05) is 67.6 Å². The maximum absolute atomic E-state index is 5.40. The molecule has 140 valence electrons. The third-order valence-electron chi connectivity index (χ3n) is 4.38. The molecule has 0 amide bonds. The van der Waals surface area contributed by atoms with Crippen LogP contribution in [0.4, 0.5) is 17.5 Å². The van der Waals surface area contributed by atoms with Crippen LogP contribution >= 0.6 is 0 Å². The largest absolute Gasteiger partial charge is 0.496 e. The summed E-state index contributed by atoms with van der Waals surface area (Å²) < 4.78 is 5.40. The molecular weight excluding hydrogens is 350 g/mol. The Bertz CT molecular complexity index is 1110. The van der Waals surface area contributed by atoms with E-state index in [0.29, 0.717) is 18.3 Å². The van der Waals surface area contributed by atoms with Gasteiger partial charge in [-0.15, -0.1) is 0 Å². The number of nitrogens with one attached hydrogen (secondary N) is 2. The molecule has 0 unspecified atom stereocenters. The van der Waals surface area contributed by atoms with Crippen LogP contribution < -0.4 is 15.4 Å². The zero-order valence-corrected chi connectivity index (χ0v) is 15.8. The second-order valence-electron chi connectivity index (χ2n) is 6.39. The summed E-state index contributed by atoms with van der Waals surface area (Å²) in [6.45, 7) is 2.52. The summed E-state index contributed by atoms with van der Waals surface area (Å²) in [5.41, 5.74) is 3.73. The Labute approximate surface area is 163 Å². The van der Waals surface area contributed by atoms with E-state index in [-0.39, 0.29) is 0 Å². The molecule has 0 aliphatic rings. The number of anilines is 3. The van der Waals surface area contributed by atoms with Crippen LogP contribution in [0, 0.1) is 6.92 Å². The molecule has 4 rings (SSSR count). The smallest absolute Gasteiger partial charge is 0.225 e. The van der Waals surface area contributed by atoms with Crippen molar-refractivity contribution in [2.24, 2.45) is 0 Å². The Morgan fingerprint density at radius 3 is 2.71 bits per heavy atom. The third-order valence-corrected chi connectivity index (χ3v) is 4.38. The molecule has 0 radical (unpaired) electrons. The average molecular weight is 371 g/mol. The summed E-state index contributed by atoms with van der Waals surface area (Å²) in [4.78, 5) is 13.6.